The zero-order valence-electron chi connectivity index (χ0n) is 12.4. The topological polar surface area (TPSA) is 19.4 Å². The van der Waals surface area contributed by atoms with Gasteiger partial charge in [-0.1, -0.05) is 32.4 Å². The van der Waals surface area contributed by atoms with E-state index in [1.807, 2.05) is 12.1 Å². The third-order valence-corrected chi connectivity index (χ3v) is 3.69. The van der Waals surface area contributed by atoms with Crippen molar-refractivity contribution < 1.29 is 0 Å². The van der Waals surface area contributed by atoms with E-state index in [9.17, 15) is 0 Å². The number of nitrogens with zero attached hydrogens (tertiary/aromatic N) is 3. The highest BCUT2D eigenvalue weighted by Gasteiger charge is 2.06. The van der Waals surface area contributed by atoms with Gasteiger partial charge in [-0.15, -0.1) is 0 Å². The van der Waals surface area contributed by atoms with Crippen molar-refractivity contribution in [3.8, 4) is 0 Å². The second kappa shape index (κ2) is 9.29. The molecular formula is C15H26ClN3. The number of hydrogen-bond acceptors (Lipinski definition) is 3. The van der Waals surface area contributed by atoms with E-state index in [-0.39, 0.29) is 0 Å². The maximum absolute atomic E-state index is 5.92. The predicted molar refractivity (Wildman–Crippen MR) is 82.6 cm³/mol. The summed E-state index contributed by atoms with van der Waals surface area (Å²) in [7, 11) is 0. The third-order valence-electron chi connectivity index (χ3n) is 3.49. The predicted octanol–water partition coefficient (Wildman–Crippen LogP) is 3.29. The first-order valence-electron chi connectivity index (χ1n) is 7.24. The van der Waals surface area contributed by atoms with Crippen LogP contribution in [0.4, 0.5) is 0 Å². The molecule has 0 amide bonds. The van der Waals surface area contributed by atoms with Gasteiger partial charge in [0.15, 0.2) is 0 Å². The van der Waals surface area contributed by atoms with Crippen LogP contribution < -0.4 is 0 Å². The van der Waals surface area contributed by atoms with Gasteiger partial charge in [0.2, 0.25) is 0 Å². The molecule has 1 rings (SSSR count). The first kappa shape index (κ1) is 16.4. The number of aromatic nitrogens is 1. The van der Waals surface area contributed by atoms with E-state index in [0.29, 0.717) is 5.15 Å². The minimum atomic E-state index is 0.580. The maximum atomic E-state index is 5.92. The molecule has 0 aliphatic rings. The summed E-state index contributed by atoms with van der Waals surface area (Å²) in [6.45, 7) is 13.3. The SMILES string of the molecule is CCN(CC)CCCN(CC)Cc1ccnc(Cl)c1. The Kier molecular flexibility index (Phi) is 8.03. The van der Waals surface area contributed by atoms with E-state index in [2.05, 4.69) is 35.6 Å². The Morgan fingerprint density at radius 1 is 1.05 bits per heavy atom. The summed E-state index contributed by atoms with van der Waals surface area (Å²) in [6.07, 6.45) is 3.00. The van der Waals surface area contributed by atoms with Crippen molar-refractivity contribution in [2.75, 3.05) is 32.7 Å². The summed E-state index contributed by atoms with van der Waals surface area (Å²) >= 11 is 5.92. The summed E-state index contributed by atoms with van der Waals surface area (Å²) in [5, 5.41) is 0.580. The summed E-state index contributed by atoms with van der Waals surface area (Å²) in [4.78, 5) is 8.94. The lowest BCUT2D eigenvalue weighted by Crippen LogP contribution is -2.29. The zero-order chi connectivity index (χ0) is 14.1. The largest absolute Gasteiger partial charge is 0.304 e. The van der Waals surface area contributed by atoms with Crippen LogP contribution in [0.2, 0.25) is 5.15 Å². The Morgan fingerprint density at radius 3 is 2.26 bits per heavy atom. The molecule has 0 spiro atoms. The van der Waals surface area contributed by atoms with Crippen LogP contribution in [-0.2, 0) is 6.54 Å². The zero-order valence-corrected chi connectivity index (χ0v) is 13.2. The van der Waals surface area contributed by atoms with Crippen LogP contribution in [0.15, 0.2) is 18.3 Å². The van der Waals surface area contributed by atoms with Crippen LogP contribution in [0, 0.1) is 0 Å². The van der Waals surface area contributed by atoms with E-state index in [1.54, 1.807) is 6.20 Å². The van der Waals surface area contributed by atoms with Gasteiger partial charge in [0.05, 0.1) is 0 Å². The van der Waals surface area contributed by atoms with E-state index < -0.39 is 0 Å². The van der Waals surface area contributed by atoms with Crippen LogP contribution in [0.25, 0.3) is 0 Å². The van der Waals surface area contributed by atoms with Crippen molar-refractivity contribution in [1.82, 2.24) is 14.8 Å². The molecule has 1 aromatic rings. The maximum Gasteiger partial charge on any atom is 0.129 e. The molecule has 0 unspecified atom stereocenters. The first-order chi connectivity index (χ1) is 9.19. The van der Waals surface area contributed by atoms with Crippen molar-refractivity contribution in [2.24, 2.45) is 0 Å². The smallest absolute Gasteiger partial charge is 0.129 e. The van der Waals surface area contributed by atoms with Gasteiger partial charge in [0.25, 0.3) is 0 Å². The van der Waals surface area contributed by atoms with Crippen molar-refractivity contribution in [2.45, 2.75) is 33.7 Å². The average molecular weight is 284 g/mol. The van der Waals surface area contributed by atoms with E-state index in [4.69, 9.17) is 11.6 Å². The van der Waals surface area contributed by atoms with Crippen LogP contribution in [0.5, 0.6) is 0 Å². The molecule has 0 atom stereocenters. The highest BCUT2D eigenvalue weighted by Crippen LogP contribution is 2.10. The fraction of sp³-hybridized carbons (Fsp3) is 0.667. The van der Waals surface area contributed by atoms with E-state index in [1.165, 1.54) is 18.5 Å². The quantitative estimate of drug-likeness (QED) is 0.648. The Labute approximate surface area is 122 Å². The highest BCUT2D eigenvalue weighted by molar-refractivity contribution is 6.29. The molecule has 1 heterocycles. The second-order valence-corrected chi connectivity index (χ2v) is 5.12. The first-order valence-corrected chi connectivity index (χ1v) is 7.62. The molecule has 0 aliphatic heterocycles. The van der Waals surface area contributed by atoms with Gasteiger partial charge in [-0.05, 0) is 56.8 Å². The van der Waals surface area contributed by atoms with Crippen LogP contribution in [0.3, 0.4) is 0 Å². The van der Waals surface area contributed by atoms with Gasteiger partial charge < -0.3 is 4.90 Å². The number of rotatable bonds is 9. The van der Waals surface area contributed by atoms with Crippen LogP contribution in [0.1, 0.15) is 32.8 Å². The molecule has 0 bridgehead atoms. The molecule has 0 fully saturated rings. The monoisotopic (exact) mass is 283 g/mol. The fourth-order valence-electron chi connectivity index (χ4n) is 2.21. The fourth-order valence-corrected chi connectivity index (χ4v) is 2.40. The minimum absolute atomic E-state index is 0.580. The molecule has 1 aromatic heterocycles. The summed E-state index contributed by atoms with van der Waals surface area (Å²) in [6, 6.07) is 3.99. The number of halogens is 1. The third kappa shape index (κ3) is 6.37. The second-order valence-electron chi connectivity index (χ2n) is 4.74. The molecule has 0 N–H and O–H groups in total. The lowest BCUT2D eigenvalue weighted by molar-refractivity contribution is 0.238. The lowest BCUT2D eigenvalue weighted by Gasteiger charge is -2.23. The standard InChI is InChI=1S/C15H26ClN3/c1-4-18(5-2)10-7-11-19(6-3)13-14-8-9-17-15(16)12-14/h8-9,12H,4-7,10-11,13H2,1-3H3. The van der Waals surface area contributed by atoms with E-state index in [0.717, 1.165) is 32.7 Å². The van der Waals surface area contributed by atoms with Gasteiger partial charge in [-0.3, -0.25) is 4.90 Å². The molecule has 108 valence electrons. The lowest BCUT2D eigenvalue weighted by atomic mass is 10.2. The van der Waals surface area contributed by atoms with Crippen molar-refractivity contribution in [3.63, 3.8) is 0 Å². The minimum Gasteiger partial charge on any atom is -0.304 e. The van der Waals surface area contributed by atoms with Crippen LogP contribution in [-0.4, -0.2) is 47.5 Å². The molecule has 3 nitrogen and oxygen atoms in total. The summed E-state index contributed by atoms with van der Waals surface area (Å²) in [5.41, 5.74) is 1.24. The normalized spacial score (nSPS) is 11.5. The average Bonchev–Trinajstić information content (AvgIpc) is 2.42. The highest BCUT2D eigenvalue weighted by atomic mass is 35.5. The Bertz CT molecular complexity index is 353. The van der Waals surface area contributed by atoms with Gasteiger partial charge in [-0.2, -0.15) is 0 Å². The molecule has 0 saturated carbocycles. The summed E-state index contributed by atoms with van der Waals surface area (Å²) < 4.78 is 0. The van der Waals surface area contributed by atoms with Crippen LogP contribution >= 0.6 is 11.6 Å². The number of pyridine rings is 1. The molecule has 4 heteroatoms. The van der Waals surface area contributed by atoms with Gasteiger partial charge in [0, 0.05) is 12.7 Å². The molecule has 0 radical (unpaired) electrons. The molecule has 0 aromatic carbocycles. The molecular weight excluding hydrogens is 258 g/mol. The Hall–Kier alpha value is -0.640. The summed E-state index contributed by atoms with van der Waals surface area (Å²) in [5.74, 6) is 0. The van der Waals surface area contributed by atoms with Crippen molar-refractivity contribution >= 4 is 11.6 Å². The van der Waals surface area contributed by atoms with E-state index >= 15 is 0 Å². The molecule has 0 saturated heterocycles. The Morgan fingerprint density at radius 2 is 1.68 bits per heavy atom. The van der Waals surface area contributed by atoms with Crippen molar-refractivity contribution in [1.29, 1.82) is 0 Å². The number of hydrogen-bond donors (Lipinski definition) is 0. The van der Waals surface area contributed by atoms with Crippen molar-refractivity contribution in [3.05, 3.63) is 29.0 Å². The van der Waals surface area contributed by atoms with Gasteiger partial charge in [0.1, 0.15) is 5.15 Å². The Balaban J connectivity index is 2.37. The molecule has 19 heavy (non-hydrogen) atoms. The molecule has 0 aliphatic carbocycles. The van der Waals surface area contributed by atoms with Gasteiger partial charge >= 0.3 is 0 Å². The van der Waals surface area contributed by atoms with Gasteiger partial charge in [-0.25, -0.2) is 4.98 Å².